The Morgan fingerprint density at radius 1 is 1.12 bits per heavy atom. The number of nitrogens with zero attached hydrogens (tertiary/aromatic N) is 2. The molecule has 1 amide bonds. The number of fused-ring (bicyclic) bond motifs is 1. The fourth-order valence-corrected chi connectivity index (χ4v) is 3.22. The van der Waals surface area contributed by atoms with E-state index in [9.17, 15) is 13.2 Å². The van der Waals surface area contributed by atoms with Crippen LogP contribution in [0.1, 0.15) is 10.5 Å². The first-order valence-corrected chi connectivity index (χ1v) is 8.60. The summed E-state index contributed by atoms with van der Waals surface area (Å²) in [5, 5.41) is 10.2. The lowest BCUT2D eigenvalue weighted by Gasteiger charge is -2.12. The first kappa shape index (κ1) is 16.2. The second-order valence-electron chi connectivity index (χ2n) is 5.39. The molecule has 24 heavy (non-hydrogen) atoms. The molecule has 0 bridgehead atoms. The number of hydrogen-bond donors (Lipinski definition) is 2. The molecule has 8 heteroatoms. The van der Waals surface area contributed by atoms with Gasteiger partial charge in [0.15, 0.2) is 5.69 Å². The van der Waals surface area contributed by atoms with Gasteiger partial charge in [0.2, 0.25) is 10.0 Å². The minimum Gasteiger partial charge on any atom is -0.321 e. The van der Waals surface area contributed by atoms with Gasteiger partial charge in [-0.2, -0.15) is 5.10 Å². The summed E-state index contributed by atoms with van der Waals surface area (Å²) < 4.78 is 25.5. The number of rotatable bonds is 4. The van der Waals surface area contributed by atoms with E-state index in [1.165, 1.54) is 26.2 Å². The molecule has 0 unspecified atom stereocenters. The Morgan fingerprint density at radius 2 is 1.88 bits per heavy atom. The summed E-state index contributed by atoms with van der Waals surface area (Å²) in [6.07, 6.45) is 0. The predicted octanol–water partition coefficient (Wildman–Crippen LogP) is 2.07. The Kier molecular flexibility index (Phi) is 4.08. The highest BCUT2D eigenvalue weighted by molar-refractivity contribution is 7.89. The average molecular weight is 344 g/mol. The zero-order valence-electron chi connectivity index (χ0n) is 13.1. The molecule has 1 aromatic heterocycles. The van der Waals surface area contributed by atoms with Gasteiger partial charge in [-0.3, -0.25) is 9.89 Å². The summed E-state index contributed by atoms with van der Waals surface area (Å²) in [6.45, 7) is 0. The Bertz CT molecular complexity index is 1010. The van der Waals surface area contributed by atoms with Crippen molar-refractivity contribution in [2.45, 2.75) is 4.90 Å². The molecule has 0 radical (unpaired) electrons. The van der Waals surface area contributed by atoms with E-state index in [-0.39, 0.29) is 10.6 Å². The summed E-state index contributed by atoms with van der Waals surface area (Å²) in [5.74, 6) is -0.410. The van der Waals surface area contributed by atoms with Crippen LogP contribution < -0.4 is 5.32 Å². The number of sulfonamides is 1. The van der Waals surface area contributed by atoms with E-state index < -0.39 is 15.9 Å². The number of carbonyl (C=O) groups excluding carboxylic acids is 1. The van der Waals surface area contributed by atoms with Crippen LogP contribution in [0.4, 0.5) is 5.69 Å². The first-order chi connectivity index (χ1) is 11.4. The minimum atomic E-state index is -3.56. The summed E-state index contributed by atoms with van der Waals surface area (Å²) in [5.41, 5.74) is 1.40. The molecule has 1 heterocycles. The Morgan fingerprint density at radius 3 is 2.62 bits per heavy atom. The molecule has 0 aliphatic rings. The van der Waals surface area contributed by atoms with Crippen molar-refractivity contribution in [3.63, 3.8) is 0 Å². The molecule has 0 aliphatic carbocycles. The zero-order valence-corrected chi connectivity index (χ0v) is 14.0. The van der Waals surface area contributed by atoms with Crippen molar-refractivity contribution in [2.75, 3.05) is 19.4 Å². The normalized spacial score (nSPS) is 11.8. The van der Waals surface area contributed by atoms with Crippen molar-refractivity contribution in [2.24, 2.45) is 0 Å². The quantitative estimate of drug-likeness (QED) is 0.757. The lowest BCUT2D eigenvalue weighted by molar-refractivity contribution is 0.102. The van der Waals surface area contributed by atoms with Crippen LogP contribution in [0.15, 0.2) is 53.4 Å². The predicted molar refractivity (Wildman–Crippen MR) is 91.4 cm³/mol. The maximum atomic E-state index is 12.4. The van der Waals surface area contributed by atoms with Gasteiger partial charge in [0, 0.05) is 25.2 Å². The molecule has 3 rings (SSSR count). The van der Waals surface area contributed by atoms with Gasteiger partial charge in [-0.05, 0) is 24.3 Å². The third-order valence-electron chi connectivity index (χ3n) is 3.56. The van der Waals surface area contributed by atoms with E-state index >= 15 is 0 Å². The van der Waals surface area contributed by atoms with Gasteiger partial charge in [0.25, 0.3) is 5.91 Å². The van der Waals surface area contributed by atoms with Crippen molar-refractivity contribution in [3.05, 3.63) is 54.2 Å². The summed E-state index contributed by atoms with van der Waals surface area (Å²) in [7, 11) is -0.654. The number of aromatic amines is 1. The van der Waals surface area contributed by atoms with Crippen LogP contribution in [-0.4, -0.2) is 42.9 Å². The molecule has 0 atom stereocenters. The molecule has 3 aromatic rings. The van der Waals surface area contributed by atoms with Crippen molar-refractivity contribution in [3.8, 4) is 0 Å². The van der Waals surface area contributed by atoms with Crippen LogP contribution >= 0.6 is 0 Å². The topological polar surface area (TPSA) is 95.2 Å². The molecular formula is C16H16N4O3S. The number of anilines is 1. The third kappa shape index (κ3) is 2.89. The lowest BCUT2D eigenvalue weighted by atomic mass is 10.2. The summed E-state index contributed by atoms with van der Waals surface area (Å²) >= 11 is 0. The maximum Gasteiger partial charge on any atom is 0.276 e. The molecule has 0 fully saturated rings. The SMILES string of the molecule is CN(C)S(=O)(=O)c1cccc(NC(=O)c2n[nH]c3ccccc23)c1. The van der Waals surface area contributed by atoms with E-state index in [2.05, 4.69) is 15.5 Å². The summed E-state index contributed by atoms with van der Waals surface area (Å²) in [4.78, 5) is 12.5. The second-order valence-corrected chi connectivity index (χ2v) is 7.54. The van der Waals surface area contributed by atoms with Crippen LogP contribution in [0, 0.1) is 0 Å². The van der Waals surface area contributed by atoms with Crippen molar-refractivity contribution < 1.29 is 13.2 Å². The Balaban J connectivity index is 1.90. The number of hydrogen-bond acceptors (Lipinski definition) is 4. The van der Waals surface area contributed by atoms with Crippen molar-refractivity contribution in [1.29, 1.82) is 0 Å². The van der Waals surface area contributed by atoms with Crippen LogP contribution in [0.2, 0.25) is 0 Å². The van der Waals surface area contributed by atoms with Gasteiger partial charge in [-0.15, -0.1) is 0 Å². The van der Waals surface area contributed by atoms with E-state index in [1.54, 1.807) is 18.2 Å². The van der Waals surface area contributed by atoms with Crippen molar-refractivity contribution >= 4 is 32.5 Å². The summed E-state index contributed by atoms with van der Waals surface area (Å²) in [6, 6.07) is 13.4. The van der Waals surface area contributed by atoms with Crippen molar-refractivity contribution in [1.82, 2.24) is 14.5 Å². The van der Waals surface area contributed by atoms with Crippen LogP contribution in [0.25, 0.3) is 10.9 Å². The van der Waals surface area contributed by atoms with Gasteiger partial charge in [-0.25, -0.2) is 12.7 Å². The largest absolute Gasteiger partial charge is 0.321 e. The zero-order chi connectivity index (χ0) is 17.3. The Hall–Kier alpha value is -2.71. The monoisotopic (exact) mass is 344 g/mol. The third-order valence-corrected chi connectivity index (χ3v) is 5.37. The highest BCUT2D eigenvalue weighted by atomic mass is 32.2. The molecule has 0 saturated carbocycles. The van der Waals surface area contributed by atoms with Gasteiger partial charge in [-0.1, -0.05) is 24.3 Å². The maximum absolute atomic E-state index is 12.4. The Labute approximate surface area is 139 Å². The first-order valence-electron chi connectivity index (χ1n) is 7.16. The van der Waals surface area contributed by atoms with Crippen LogP contribution in [-0.2, 0) is 10.0 Å². The highest BCUT2D eigenvalue weighted by Crippen LogP contribution is 2.20. The van der Waals surface area contributed by atoms with Crippen LogP contribution in [0.3, 0.4) is 0 Å². The second kappa shape index (κ2) is 6.06. The molecular weight excluding hydrogens is 328 g/mol. The number of benzene rings is 2. The van der Waals surface area contributed by atoms with Gasteiger partial charge >= 0.3 is 0 Å². The molecule has 2 aromatic carbocycles. The van der Waals surface area contributed by atoms with E-state index in [4.69, 9.17) is 0 Å². The molecule has 0 saturated heterocycles. The number of para-hydroxylation sites is 1. The van der Waals surface area contributed by atoms with Gasteiger partial charge < -0.3 is 5.32 Å². The fraction of sp³-hybridized carbons (Fsp3) is 0.125. The number of carbonyl (C=O) groups is 1. The molecule has 7 nitrogen and oxygen atoms in total. The van der Waals surface area contributed by atoms with E-state index in [1.807, 2.05) is 18.2 Å². The van der Waals surface area contributed by atoms with E-state index in [0.717, 1.165) is 9.82 Å². The average Bonchev–Trinajstić information content (AvgIpc) is 2.99. The lowest BCUT2D eigenvalue weighted by Crippen LogP contribution is -2.22. The number of nitrogens with one attached hydrogen (secondary N) is 2. The number of amides is 1. The highest BCUT2D eigenvalue weighted by Gasteiger charge is 2.19. The molecule has 0 aliphatic heterocycles. The fourth-order valence-electron chi connectivity index (χ4n) is 2.27. The van der Waals surface area contributed by atoms with Crippen LogP contribution in [0.5, 0.6) is 0 Å². The minimum absolute atomic E-state index is 0.109. The van der Waals surface area contributed by atoms with Gasteiger partial charge in [0.05, 0.1) is 10.4 Å². The van der Waals surface area contributed by atoms with Gasteiger partial charge in [0.1, 0.15) is 0 Å². The number of aromatic nitrogens is 2. The molecule has 2 N–H and O–H groups in total. The molecule has 124 valence electrons. The standard InChI is InChI=1S/C16H16N4O3S/c1-20(2)24(22,23)12-7-5-6-11(10-12)17-16(21)15-13-8-3-4-9-14(13)18-19-15/h3-10H,1-2H3,(H,17,21)(H,18,19). The molecule has 0 spiro atoms. The van der Waals surface area contributed by atoms with E-state index in [0.29, 0.717) is 11.1 Å². The number of H-pyrrole nitrogens is 1. The smallest absolute Gasteiger partial charge is 0.276 e.